The number of hydrogen-bond acceptors (Lipinski definition) is 2. The summed E-state index contributed by atoms with van der Waals surface area (Å²) in [7, 11) is 0. The largest absolute Gasteiger partial charge is 0.353 e. The van der Waals surface area contributed by atoms with Crippen LogP contribution < -0.4 is 10.6 Å². The molecule has 2 rings (SSSR count). The summed E-state index contributed by atoms with van der Waals surface area (Å²) in [6.07, 6.45) is 3.76. The van der Waals surface area contributed by atoms with Gasteiger partial charge in [0.05, 0.1) is 6.04 Å². The Morgan fingerprint density at radius 2 is 2.09 bits per heavy atom. The van der Waals surface area contributed by atoms with E-state index < -0.39 is 0 Å². The lowest BCUT2D eigenvalue weighted by Gasteiger charge is -2.35. The van der Waals surface area contributed by atoms with Gasteiger partial charge in [-0.05, 0) is 18.8 Å². The maximum atomic E-state index is 11.3. The highest BCUT2D eigenvalue weighted by Crippen LogP contribution is 2.29. The lowest BCUT2D eigenvalue weighted by molar-refractivity contribution is -0.126. The van der Waals surface area contributed by atoms with Crippen molar-refractivity contribution in [3.05, 3.63) is 0 Å². The SMILES string of the molecule is O=C1NCCNC1C1CCC1. The summed E-state index contributed by atoms with van der Waals surface area (Å²) in [6, 6.07) is 0.123. The van der Waals surface area contributed by atoms with Gasteiger partial charge >= 0.3 is 0 Å². The molecule has 3 nitrogen and oxygen atoms in total. The zero-order chi connectivity index (χ0) is 7.68. The standard InChI is InChI=1S/C8H14N2O/c11-8-7(6-2-1-3-6)9-4-5-10-8/h6-7,9H,1-5H2,(H,10,11). The topological polar surface area (TPSA) is 41.1 Å². The fraction of sp³-hybridized carbons (Fsp3) is 0.875. The molecule has 1 aliphatic carbocycles. The maximum absolute atomic E-state index is 11.3. The number of piperazine rings is 1. The fourth-order valence-corrected chi connectivity index (χ4v) is 1.77. The summed E-state index contributed by atoms with van der Waals surface area (Å²) < 4.78 is 0. The number of carbonyl (C=O) groups is 1. The van der Waals surface area contributed by atoms with Gasteiger partial charge in [0.25, 0.3) is 0 Å². The third-order valence-electron chi connectivity index (χ3n) is 2.69. The van der Waals surface area contributed by atoms with Gasteiger partial charge in [-0.25, -0.2) is 0 Å². The molecule has 0 aromatic carbocycles. The minimum Gasteiger partial charge on any atom is -0.353 e. The first-order chi connectivity index (χ1) is 5.38. The Morgan fingerprint density at radius 3 is 2.64 bits per heavy atom. The van der Waals surface area contributed by atoms with E-state index in [1.807, 2.05) is 0 Å². The molecule has 2 aliphatic rings. The van der Waals surface area contributed by atoms with Crippen LogP contribution in [0.25, 0.3) is 0 Å². The van der Waals surface area contributed by atoms with Gasteiger partial charge in [0.2, 0.25) is 5.91 Å². The third kappa shape index (κ3) is 1.25. The fourth-order valence-electron chi connectivity index (χ4n) is 1.77. The highest BCUT2D eigenvalue weighted by atomic mass is 16.2. The van der Waals surface area contributed by atoms with Crippen LogP contribution >= 0.6 is 0 Å². The Hall–Kier alpha value is -0.570. The van der Waals surface area contributed by atoms with Crippen LogP contribution in [-0.4, -0.2) is 25.0 Å². The molecule has 62 valence electrons. The number of hydrogen-bond donors (Lipinski definition) is 2. The Labute approximate surface area is 66.5 Å². The van der Waals surface area contributed by atoms with E-state index in [1.54, 1.807) is 0 Å². The number of amides is 1. The monoisotopic (exact) mass is 154 g/mol. The first kappa shape index (κ1) is 7.10. The molecule has 1 aliphatic heterocycles. The zero-order valence-electron chi connectivity index (χ0n) is 6.60. The van der Waals surface area contributed by atoms with Crippen LogP contribution in [-0.2, 0) is 4.79 Å². The van der Waals surface area contributed by atoms with Crippen LogP contribution in [0.5, 0.6) is 0 Å². The molecular formula is C8H14N2O. The second-order valence-electron chi connectivity index (χ2n) is 3.41. The first-order valence-corrected chi connectivity index (χ1v) is 4.39. The van der Waals surface area contributed by atoms with E-state index in [-0.39, 0.29) is 11.9 Å². The van der Waals surface area contributed by atoms with Gasteiger partial charge in [0, 0.05) is 13.1 Å². The van der Waals surface area contributed by atoms with Crippen molar-refractivity contribution in [2.24, 2.45) is 5.92 Å². The zero-order valence-corrected chi connectivity index (χ0v) is 6.60. The van der Waals surface area contributed by atoms with E-state index in [9.17, 15) is 4.79 Å². The highest BCUT2D eigenvalue weighted by molar-refractivity contribution is 5.82. The van der Waals surface area contributed by atoms with Gasteiger partial charge in [0.15, 0.2) is 0 Å². The molecule has 0 bridgehead atoms. The van der Waals surface area contributed by atoms with E-state index in [0.717, 1.165) is 13.1 Å². The molecule has 1 amide bonds. The van der Waals surface area contributed by atoms with Gasteiger partial charge in [-0.2, -0.15) is 0 Å². The number of rotatable bonds is 1. The molecule has 3 heteroatoms. The summed E-state index contributed by atoms with van der Waals surface area (Å²) in [5.74, 6) is 0.830. The Bertz CT molecular complexity index is 165. The van der Waals surface area contributed by atoms with Gasteiger partial charge in [-0.15, -0.1) is 0 Å². The number of carbonyl (C=O) groups excluding carboxylic acids is 1. The van der Waals surface area contributed by atoms with Crippen molar-refractivity contribution in [2.75, 3.05) is 13.1 Å². The molecule has 1 heterocycles. The van der Waals surface area contributed by atoms with Crippen LogP contribution in [0, 0.1) is 5.92 Å². The Morgan fingerprint density at radius 1 is 1.27 bits per heavy atom. The second-order valence-corrected chi connectivity index (χ2v) is 3.41. The third-order valence-corrected chi connectivity index (χ3v) is 2.69. The summed E-state index contributed by atoms with van der Waals surface area (Å²) in [5, 5.41) is 6.14. The quantitative estimate of drug-likeness (QED) is 0.552. The van der Waals surface area contributed by atoms with Crippen molar-refractivity contribution in [1.29, 1.82) is 0 Å². The first-order valence-electron chi connectivity index (χ1n) is 4.39. The maximum Gasteiger partial charge on any atom is 0.237 e. The lowest BCUT2D eigenvalue weighted by atomic mass is 9.79. The van der Waals surface area contributed by atoms with Crippen molar-refractivity contribution in [2.45, 2.75) is 25.3 Å². The normalized spacial score (nSPS) is 32.7. The van der Waals surface area contributed by atoms with E-state index in [1.165, 1.54) is 19.3 Å². The molecule has 0 spiro atoms. The summed E-state index contributed by atoms with van der Waals surface area (Å²) in [5.41, 5.74) is 0. The average molecular weight is 154 g/mol. The van der Waals surface area contributed by atoms with Crippen LogP contribution in [0.15, 0.2) is 0 Å². The van der Waals surface area contributed by atoms with Crippen LogP contribution in [0.4, 0.5) is 0 Å². The molecule has 2 fully saturated rings. The van der Waals surface area contributed by atoms with E-state index in [0.29, 0.717) is 5.92 Å². The van der Waals surface area contributed by atoms with Gasteiger partial charge in [-0.3, -0.25) is 4.79 Å². The molecule has 2 N–H and O–H groups in total. The van der Waals surface area contributed by atoms with Gasteiger partial charge in [0.1, 0.15) is 0 Å². The van der Waals surface area contributed by atoms with Crippen molar-refractivity contribution in [1.82, 2.24) is 10.6 Å². The predicted molar refractivity (Wildman–Crippen MR) is 42.1 cm³/mol. The molecule has 0 radical (unpaired) electrons. The van der Waals surface area contributed by atoms with E-state index in [4.69, 9.17) is 0 Å². The summed E-state index contributed by atoms with van der Waals surface area (Å²) >= 11 is 0. The average Bonchev–Trinajstić information content (AvgIpc) is 1.90. The van der Waals surface area contributed by atoms with Gasteiger partial charge in [-0.1, -0.05) is 6.42 Å². The lowest BCUT2D eigenvalue weighted by Crippen LogP contribution is -2.57. The number of nitrogens with one attached hydrogen (secondary N) is 2. The van der Waals surface area contributed by atoms with Crippen molar-refractivity contribution in [3.63, 3.8) is 0 Å². The molecule has 1 saturated carbocycles. The molecule has 1 unspecified atom stereocenters. The Balaban J connectivity index is 1.93. The van der Waals surface area contributed by atoms with Crippen LogP contribution in [0.1, 0.15) is 19.3 Å². The summed E-state index contributed by atoms with van der Waals surface area (Å²) in [6.45, 7) is 1.73. The second kappa shape index (κ2) is 2.81. The molecule has 0 aromatic rings. The molecule has 1 atom stereocenters. The molecular weight excluding hydrogens is 140 g/mol. The molecule has 0 aromatic heterocycles. The van der Waals surface area contributed by atoms with Crippen molar-refractivity contribution >= 4 is 5.91 Å². The minimum atomic E-state index is 0.123. The van der Waals surface area contributed by atoms with Crippen molar-refractivity contribution < 1.29 is 4.79 Å². The predicted octanol–water partition coefficient (Wildman–Crippen LogP) is -0.126. The van der Waals surface area contributed by atoms with Gasteiger partial charge < -0.3 is 10.6 Å². The summed E-state index contributed by atoms with van der Waals surface area (Å²) in [4.78, 5) is 11.3. The minimum absolute atomic E-state index is 0.123. The molecule has 1 saturated heterocycles. The van der Waals surface area contributed by atoms with Crippen molar-refractivity contribution in [3.8, 4) is 0 Å². The van der Waals surface area contributed by atoms with E-state index in [2.05, 4.69) is 10.6 Å². The Kier molecular flexibility index (Phi) is 1.82. The van der Waals surface area contributed by atoms with Crippen LogP contribution in [0.2, 0.25) is 0 Å². The molecule has 11 heavy (non-hydrogen) atoms. The van der Waals surface area contributed by atoms with Crippen LogP contribution in [0.3, 0.4) is 0 Å². The smallest absolute Gasteiger partial charge is 0.237 e. The highest BCUT2D eigenvalue weighted by Gasteiger charge is 2.33. The van der Waals surface area contributed by atoms with E-state index >= 15 is 0 Å².